The third kappa shape index (κ3) is 5.12. The van der Waals surface area contributed by atoms with Crippen LogP contribution < -0.4 is 0 Å². The number of rotatable bonds is 8. The quantitative estimate of drug-likeness (QED) is 0.556. The number of hydrogen-bond donors (Lipinski definition) is 0. The zero-order chi connectivity index (χ0) is 18.3. The van der Waals surface area contributed by atoms with Gasteiger partial charge in [0.15, 0.2) is 18.5 Å². The van der Waals surface area contributed by atoms with Gasteiger partial charge in [0.1, 0.15) is 18.3 Å². The maximum absolute atomic E-state index is 11.5. The molecule has 0 bridgehead atoms. The normalized spacial score (nSPS) is 31.3. The van der Waals surface area contributed by atoms with Crippen molar-refractivity contribution in [2.75, 3.05) is 35.0 Å². The van der Waals surface area contributed by atoms with Gasteiger partial charge in [0.2, 0.25) is 0 Å². The molecule has 1 rings (SSSR count). The Morgan fingerprint density at radius 3 is 1.92 bits per heavy atom. The van der Waals surface area contributed by atoms with Crippen molar-refractivity contribution >= 4 is 11.9 Å². The van der Waals surface area contributed by atoms with Gasteiger partial charge in [-0.1, -0.05) is 0 Å². The Labute approximate surface area is 141 Å². The third-order valence-electron chi connectivity index (χ3n) is 3.64. The summed E-state index contributed by atoms with van der Waals surface area (Å²) in [5, 5.41) is 0. The highest BCUT2D eigenvalue weighted by Crippen LogP contribution is 2.31. The second-order valence-electron chi connectivity index (χ2n) is 5.28. The monoisotopic (exact) mass is 350 g/mol. The molecule has 6 atom stereocenters. The van der Waals surface area contributed by atoms with E-state index in [9.17, 15) is 9.59 Å². The van der Waals surface area contributed by atoms with E-state index in [1.54, 1.807) is 0 Å². The highest BCUT2D eigenvalue weighted by molar-refractivity contribution is 5.67. The molecule has 0 N–H and O–H groups in total. The van der Waals surface area contributed by atoms with Gasteiger partial charge < -0.3 is 33.2 Å². The summed E-state index contributed by atoms with van der Waals surface area (Å²) in [4.78, 5) is 22.9. The summed E-state index contributed by atoms with van der Waals surface area (Å²) in [7, 11) is 5.83. The largest absolute Gasteiger partial charge is 0.457 e. The highest BCUT2D eigenvalue weighted by Gasteiger charge is 2.52. The van der Waals surface area contributed by atoms with E-state index in [0.29, 0.717) is 0 Å². The molecule has 1 aliphatic rings. The number of esters is 2. The first-order valence-electron chi connectivity index (χ1n) is 7.46. The fourth-order valence-corrected chi connectivity index (χ4v) is 2.70. The van der Waals surface area contributed by atoms with Crippen molar-refractivity contribution in [3.63, 3.8) is 0 Å². The molecule has 140 valence electrons. The van der Waals surface area contributed by atoms with Crippen LogP contribution in [0.15, 0.2) is 0 Å². The molecule has 0 spiro atoms. The van der Waals surface area contributed by atoms with E-state index in [4.69, 9.17) is 33.2 Å². The van der Waals surface area contributed by atoms with Crippen LogP contribution in [0.4, 0.5) is 0 Å². The summed E-state index contributed by atoms with van der Waals surface area (Å²) in [6.07, 6.45) is -4.77. The number of ether oxygens (including phenoxy) is 7. The van der Waals surface area contributed by atoms with Crippen molar-refractivity contribution in [3.05, 3.63) is 0 Å². The van der Waals surface area contributed by atoms with Crippen LogP contribution in [0.3, 0.4) is 0 Å². The number of hydrogen-bond acceptors (Lipinski definition) is 9. The van der Waals surface area contributed by atoms with Gasteiger partial charge in [-0.3, -0.25) is 9.59 Å². The molecular weight excluding hydrogens is 324 g/mol. The Kier molecular flexibility index (Phi) is 8.57. The number of carbonyl (C=O) groups is 2. The topological polar surface area (TPSA) is 98.8 Å². The molecule has 0 aliphatic carbocycles. The van der Waals surface area contributed by atoms with Crippen molar-refractivity contribution in [3.8, 4) is 0 Å². The fourth-order valence-electron chi connectivity index (χ4n) is 2.70. The highest BCUT2D eigenvalue weighted by atomic mass is 16.7. The number of carbonyl (C=O) groups excluding carboxylic acids is 2. The van der Waals surface area contributed by atoms with Gasteiger partial charge >= 0.3 is 11.9 Å². The fraction of sp³-hybridized carbons (Fsp3) is 0.867. The molecule has 0 aromatic heterocycles. The van der Waals surface area contributed by atoms with E-state index in [-0.39, 0.29) is 6.61 Å². The van der Waals surface area contributed by atoms with E-state index < -0.39 is 48.7 Å². The van der Waals surface area contributed by atoms with Gasteiger partial charge in [-0.25, -0.2) is 0 Å². The van der Waals surface area contributed by atoms with Crippen LogP contribution in [-0.4, -0.2) is 83.8 Å². The Hall–Kier alpha value is -1.26. The van der Waals surface area contributed by atoms with Crippen LogP contribution in [0.1, 0.15) is 13.8 Å². The molecule has 0 aromatic rings. The van der Waals surface area contributed by atoms with Gasteiger partial charge in [0.05, 0.1) is 6.61 Å². The summed E-state index contributed by atoms with van der Waals surface area (Å²) in [5.74, 6) is -1.06. The molecule has 0 radical (unpaired) electrons. The summed E-state index contributed by atoms with van der Waals surface area (Å²) in [6, 6.07) is 0. The summed E-state index contributed by atoms with van der Waals surface area (Å²) in [6.45, 7) is 2.73. The SMILES string of the molecule is COC[C@@H](OC)[C@H]1OC(OC)[C@H](OC(C)=O)[C@@H](OC)[C@@H]1OC(C)=O. The second kappa shape index (κ2) is 9.90. The first kappa shape index (κ1) is 20.8. The maximum atomic E-state index is 11.5. The van der Waals surface area contributed by atoms with Gasteiger partial charge in [-0.05, 0) is 0 Å². The van der Waals surface area contributed by atoms with Crippen LogP contribution in [0.2, 0.25) is 0 Å². The summed E-state index contributed by atoms with van der Waals surface area (Å²) < 4.78 is 37.7. The minimum atomic E-state index is -0.912. The Morgan fingerprint density at radius 1 is 0.917 bits per heavy atom. The Balaban J connectivity index is 3.17. The molecule has 1 unspecified atom stereocenters. The zero-order valence-corrected chi connectivity index (χ0v) is 14.8. The Bertz CT molecular complexity index is 414. The molecule has 1 fully saturated rings. The lowest BCUT2D eigenvalue weighted by atomic mass is 9.94. The van der Waals surface area contributed by atoms with Gasteiger partial charge in [0, 0.05) is 42.3 Å². The lowest BCUT2D eigenvalue weighted by Gasteiger charge is -2.45. The van der Waals surface area contributed by atoms with Crippen LogP contribution in [0, 0.1) is 0 Å². The van der Waals surface area contributed by atoms with Gasteiger partial charge in [-0.15, -0.1) is 0 Å². The molecule has 1 aliphatic heterocycles. The zero-order valence-electron chi connectivity index (χ0n) is 14.8. The number of methoxy groups -OCH3 is 4. The molecule has 0 amide bonds. The van der Waals surface area contributed by atoms with Gasteiger partial charge in [-0.2, -0.15) is 0 Å². The molecule has 1 saturated heterocycles. The van der Waals surface area contributed by atoms with E-state index in [1.807, 2.05) is 0 Å². The van der Waals surface area contributed by atoms with Crippen molar-refractivity contribution in [2.24, 2.45) is 0 Å². The van der Waals surface area contributed by atoms with E-state index in [0.717, 1.165) is 0 Å². The maximum Gasteiger partial charge on any atom is 0.303 e. The first-order valence-corrected chi connectivity index (χ1v) is 7.46. The van der Waals surface area contributed by atoms with E-state index in [2.05, 4.69) is 0 Å². The van der Waals surface area contributed by atoms with Crippen molar-refractivity contribution < 1.29 is 42.7 Å². The molecule has 24 heavy (non-hydrogen) atoms. The van der Waals surface area contributed by atoms with Crippen LogP contribution in [0.5, 0.6) is 0 Å². The molecule has 0 aromatic carbocycles. The van der Waals surface area contributed by atoms with Crippen molar-refractivity contribution in [2.45, 2.75) is 50.7 Å². The smallest absolute Gasteiger partial charge is 0.303 e. The average Bonchev–Trinajstić information content (AvgIpc) is 2.52. The molecule has 0 saturated carbocycles. The predicted octanol–water partition coefficient (Wildman–Crippen LogP) is -0.102. The van der Waals surface area contributed by atoms with Gasteiger partial charge in [0.25, 0.3) is 0 Å². The third-order valence-corrected chi connectivity index (χ3v) is 3.64. The van der Waals surface area contributed by atoms with E-state index in [1.165, 1.54) is 42.3 Å². The standard InChI is InChI=1S/C15H26O9/c1-8(16)22-13-11(10(19-4)7-18-3)24-15(21-6)14(12(13)20-5)23-9(2)17/h10-15H,7H2,1-6H3/t10-,11-,12+,13-,14-,15?/m1/s1. The first-order chi connectivity index (χ1) is 11.4. The predicted molar refractivity (Wildman–Crippen MR) is 80.2 cm³/mol. The molecular formula is C15H26O9. The Morgan fingerprint density at radius 2 is 1.50 bits per heavy atom. The summed E-state index contributed by atoms with van der Waals surface area (Å²) >= 11 is 0. The van der Waals surface area contributed by atoms with E-state index >= 15 is 0 Å². The lowest BCUT2D eigenvalue weighted by Crippen LogP contribution is -2.64. The minimum Gasteiger partial charge on any atom is -0.457 e. The molecule has 9 heteroatoms. The van der Waals surface area contributed by atoms with Crippen LogP contribution in [-0.2, 0) is 42.7 Å². The van der Waals surface area contributed by atoms with Crippen molar-refractivity contribution in [1.82, 2.24) is 0 Å². The molecule has 9 nitrogen and oxygen atoms in total. The molecule has 1 heterocycles. The van der Waals surface area contributed by atoms with Crippen LogP contribution >= 0.6 is 0 Å². The van der Waals surface area contributed by atoms with Crippen molar-refractivity contribution in [1.29, 1.82) is 0 Å². The second-order valence-corrected chi connectivity index (χ2v) is 5.28. The minimum absolute atomic E-state index is 0.198. The van der Waals surface area contributed by atoms with Crippen LogP contribution in [0.25, 0.3) is 0 Å². The summed E-state index contributed by atoms with van der Waals surface area (Å²) in [5.41, 5.74) is 0. The average molecular weight is 350 g/mol. The lowest BCUT2D eigenvalue weighted by molar-refractivity contribution is -0.314.